The van der Waals surface area contributed by atoms with Gasteiger partial charge >= 0.3 is 5.97 Å². The topological polar surface area (TPSA) is 46.5 Å². The van der Waals surface area contributed by atoms with Gasteiger partial charge in [0.25, 0.3) is 6.43 Å². The Hall–Kier alpha value is -2.47. The average molecular weight is 385 g/mol. The number of hydrogen-bond donors (Lipinski definition) is 1. The molecule has 0 saturated carbocycles. The van der Waals surface area contributed by atoms with Gasteiger partial charge in [0.2, 0.25) is 0 Å². The van der Waals surface area contributed by atoms with E-state index in [0.717, 1.165) is 5.56 Å². The summed E-state index contributed by atoms with van der Waals surface area (Å²) in [5, 5.41) is 9.45. The first-order valence-electron chi connectivity index (χ1n) is 7.73. The van der Waals surface area contributed by atoms with Crippen molar-refractivity contribution in [2.24, 2.45) is 0 Å². The molecule has 0 amide bonds. The number of rotatable bonds is 3. The van der Waals surface area contributed by atoms with Gasteiger partial charge in [-0.3, -0.25) is 4.39 Å². The first-order chi connectivity index (χ1) is 12.4. The number of aliphatic carboxylic acids is 1. The van der Waals surface area contributed by atoms with Crippen LogP contribution in [0.3, 0.4) is 0 Å². The summed E-state index contributed by atoms with van der Waals surface area (Å²) < 4.78 is 41.7. The van der Waals surface area contributed by atoms with Crippen LogP contribution >= 0.6 is 11.6 Å². The molecule has 2 aromatic rings. The SMILES string of the molecule is CCF.O=C(O)C1=Cc2cc(Cl)c(-c3ccccc3)cc2OC1C(F)F. The first-order valence-corrected chi connectivity index (χ1v) is 8.11. The lowest BCUT2D eigenvalue weighted by atomic mass is 9.98. The van der Waals surface area contributed by atoms with E-state index in [2.05, 4.69) is 0 Å². The van der Waals surface area contributed by atoms with E-state index in [1.54, 1.807) is 6.07 Å². The molecule has 2 aromatic carbocycles. The average Bonchev–Trinajstić information content (AvgIpc) is 2.61. The van der Waals surface area contributed by atoms with Gasteiger partial charge in [0, 0.05) is 16.1 Å². The van der Waals surface area contributed by atoms with Crippen molar-refractivity contribution in [3.63, 3.8) is 0 Å². The number of carboxylic acids is 1. The summed E-state index contributed by atoms with van der Waals surface area (Å²) in [6.45, 7) is 1.21. The van der Waals surface area contributed by atoms with Crippen LogP contribution in [0.1, 0.15) is 12.5 Å². The molecular formula is C19H16ClF3O3. The number of ether oxygens (including phenoxy) is 1. The summed E-state index contributed by atoms with van der Waals surface area (Å²) in [6.07, 6.45) is -3.57. The lowest BCUT2D eigenvalue weighted by Gasteiger charge is -2.25. The van der Waals surface area contributed by atoms with Crippen LogP contribution in [0.5, 0.6) is 5.75 Å². The Morgan fingerprint density at radius 1 is 1.27 bits per heavy atom. The summed E-state index contributed by atoms with van der Waals surface area (Å²) in [5.41, 5.74) is 1.32. The second kappa shape index (κ2) is 8.76. The predicted octanol–water partition coefficient (Wildman–Crippen LogP) is 5.48. The summed E-state index contributed by atoms with van der Waals surface area (Å²) in [5.74, 6) is -1.26. The van der Waals surface area contributed by atoms with Crippen LogP contribution in [0.2, 0.25) is 5.02 Å². The van der Waals surface area contributed by atoms with E-state index in [1.807, 2.05) is 30.3 Å². The maximum Gasteiger partial charge on any atom is 0.335 e. The van der Waals surface area contributed by atoms with Crippen LogP contribution in [-0.4, -0.2) is 30.3 Å². The predicted molar refractivity (Wildman–Crippen MR) is 94.6 cm³/mol. The van der Waals surface area contributed by atoms with Crippen LogP contribution in [-0.2, 0) is 4.79 Å². The van der Waals surface area contributed by atoms with E-state index in [4.69, 9.17) is 21.4 Å². The second-order valence-corrected chi connectivity index (χ2v) is 5.69. The summed E-state index contributed by atoms with van der Waals surface area (Å²) >= 11 is 6.24. The van der Waals surface area contributed by atoms with Crippen molar-refractivity contribution >= 4 is 23.6 Å². The molecule has 26 heavy (non-hydrogen) atoms. The lowest BCUT2D eigenvalue weighted by molar-refractivity contribution is -0.134. The second-order valence-electron chi connectivity index (χ2n) is 5.28. The number of carboxylic acid groups (broad SMARTS) is 1. The molecule has 3 nitrogen and oxygen atoms in total. The molecule has 0 saturated heterocycles. The maximum absolute atomic E-state index is 13.1. The molecule has 0 spiro atoms. The number of hydrogen-bond acceptors (Lipinski definition) is 2. The third-order valence-corrected chi connectivity index (χ3v) is 3.84. The number of carbonyl (C=O) groups is 1. The van der Waals surface area contributed by atoms with Crippen molar-refractivity contribution in [3.8, 4) is 16.9 Å². The Labute approximate surface area is 153 Å². The summed E-state index contributed by atoms with van der Waals surface area (Å²) in [6, 6.07) is 12.2. The fraction of sp³-hybridized carbons (Fsp3) is 0.211. The zero-order valence-electron chi connectivity index (χ0n) is 13.8. The van der Waals surface area contributed by atoms with Crippen LogP contribution in [0.25, 0.3) is 17.2 Å². The minimum Gasteiger partial charge on any atom is -0.479 e. The highest BCUT2D eigenvalue weighted by Gasteiger charge is 2.35. The van der Waals surface area contributed by atoms with E-state index >= 15 is 0 Å². The monoisotopic (exact) mass is 384 g/mol. The van der Waals surface area contributed by atoms with Crippen LogP contribution in [0.4, 0.5) is 13.2 Å². The number of benzene rings is 2. The molecule has 0 radical (unpaired) electrons. The van der Waals surface area contributed by atoms with Gasteiger partial charge in [-0.15, -0.1) is 0 Å². The van der Waals surface area contributed by atoms with E-state index in [1.165, 1.54) is 19.1 Å². The van der Waals surface area contributed by atoms with Gasteiger partial charge in [0.05, 0.1) is 12.2 Å². The zero-order chi connectivity index (χ0) is 19.3. The van der Waals surface area contributed by atoms with Crippen LogP contribution in [0.15, 0.2) is 48.0 Å². The Kier molecular flexibility index (Phi) is 6.69. The fourth-order valence-electron chi connectivity index (χ4n) is 2.44. The minimum absolute atomic E-state index is 0.184. The smallest absolute Gasteiger partial charge is 0.335 e. The number of fused-ring (bicyclic) bond motifs is 1. The number of alkyl halides is 3. The van der Waals surface area contributed by atoms with Gasteiger partial charge in [-0.2, -0.15) is 0 Å². The molecule has 138 valence electrons. The van der Waals surface area contributed by atoms with Crippen LogP contribution < -0.4 is 4.74 Å². The highest BCUT2D eigenvalue weighted by molar-refractivity contribution is 6.33. The molecule has 0 fully saturated rings. The molecule has 0 bridgehead atoms. The largest absolute Gasteiger partial charge is 0.479 e. The van der Waals surface area contributed by atoms with Crippen molar-refractivity contribution in [3.05, 3.63) is 58.6 Å². The highest BCUT2D eigenvalue weighted by Crippen LogP contribution is 2.39. The van der Waals surface area contributed by atoms with Crippen molar-refractivity contribution in [2.45, 2.75) is 19.5 Å². The molecule has 0 aromatic heterocycles. The molecule has 0 aliphatic carbocycles. The Morgan fingerprint density at radius 3 is 2.42 bits per heavy atom. The molecule has 1 atom stereocenters. The first kappa shape index (κ1) is 19.8. The van der Waals surface area contributed by atoms with Gasteiger partial charge in [-0.25, -0.2) is 13.6 Å². The summed E-state index contributed by atoms with van der Waals surface area (Å²) in [4.78, 5) is 11.1. The lowest BCUT2D eigenvalue weighted by Crippen LogP contribution is -2.33. The summed E-state index contributed by atoms with van der Waals surface area (Å²) in [7, 11) is 0. The Bertz CT molecular complexity index is 807. The third kappa shape index (κ3) is 4.38. The molecule has 1 aliphatic rings. The molecule has 1 aliphatic heterocycles. The standard InChI is InChI=1S/C17H11ClF2O3.C2H5F/c18-13-7-10-6-12(17(21)22)15(16(19)20)23-14(10)8-11(13)9-4-2-1-3-5-9;1-2-3/h1-8,15-16H,(H,21,22);2H2,1H3. The van der Waals surface area contributed by atoms with Gasteiger partial charge in [-0.05, 0) is 30.7 Å². The quantitative estimate of drug-likeness (QED) is 0.762. The molecule has 1 N–H and O–H groups in total. The Morgan fingerprint density at radius 2 is 1.88 bits per heavy atom. The van der Waals surface area contributed by atoms with Crippen molar-refractivity contribution < 1.29 is 27.8 Å². The third-order valence-electron chi connectivity index (χ3n) is 3.53. The van der Waals surface area contributed by atoms with E-state index < -0.39 is 24.1 Å². The zero-order valence-corrected chi connectivity index (χ0v) is 14.5. The van der Waals surface area contributed by atoms with E-state index in [0.29, 0.717) is 16.1 Å². The fourth-order valence-corrected chi connectivity index (χ4v) is 2.72. The van der Waals surface area contributed by atoms with E-state index in [-0.39, 0.29) is 12.4 Å². The molecule has 1 heterocycles. The van der Waals surface area contributed by atoms with Crippen molar-refractivity contribution in [1.82, 2.24) is 0 Å². The molecule has 3 rings (SSSR count). The Balaban J connectivity index is 0.000000758. The minimum atomic E-state index is -2.94. The van der Waals surface area contributed by atoms with Crippen molar-refractivity contribution in [1.29, 1.82) is 0 Å². The molecule has 7 heteroatoms. The molecular weight excluding hydrogens is 369 g/mol. The van der Waals surface area contributed by atoms with Gasteiger partial charge in [0.1, 0.15) is 5.75 Å². The van der Waals surface area contributed by atoms with Gasteiger partial charge < -0.3 is 9.84 Å². The normalized spacial score (nSPS) is 15.3. The van der Waals surface area contributed by atoms with Crippen LogP contribution in [0, 0.1) is 0 Å². The van der Waals surface area contributed by atoms with E-state index in [9.17, 15) is 18.0 Å². The highest BCUT2D eigenvalue weighted by atomic mass is 35.5. The van der Waals surface area contributed by atoms with Gasteiger partial charge in [-0.1, -0.05) is 41.9 Å². The molecule has 1 unspecified atom stereocenters. The van der Waals surface area contributed by atoms with Gasteiger partial charge in [0.15, 0.2) is 6.10 Å². The van der Waals surface area contributed by atoms with Crippen molar-refractivity contribution in [2.75, 3.05) is 6.67 Å². The number of halogens is 4. The maximum atomic E-state index is 13.1.